The molecule has 0 spiro atoms. The lowest BCUT2D eigenvalue weighted by Gasteiger charge is -2.11. The minimum Gasteiger partial charge on any atom is -0.493 e. The first-order valence-corrected chi connectivity index (χ1v) is 10.7. The van der Waals surface area contributed by atoms with E-state index in [1.54, 1.807) is 56.8 Å². The van der Waals surface area contributed by atoms with Gasteiger partial charge in [0.1, 0.15) is 0 Å². The Hall–Kier alpha value is -4.40. The number of fused-ring (bicyclic) bond motifs is 1. The van der Waals surface area contributed by atoms with Gasteiger partial charge in [0.05, 0.1) is 26.3 Å². The maximum absolute atomic E-state index is 12.5. The Labute approximate surface area is 195 Å². The second-order valence-electron chi connectivity index (χ2n) is 7.61. The molecule has 0 saturated heterocycles. The number of H-pyrrole nitrogens is 1. The molecule has 0 aliphatic heterocycles. The number of carbonyl (C=O) groups excluding carboxylic acids is 1. The first-order chi connectivity index (χ1) is 16.5. The molecular weight excluding hydrogens is 436 g/mol. The maximum Gasteiger partial charge on any atom is 0.318 e. The lowest BCUT2D eigenvalue weighted by Crippen LogP contribution is -2.36. The summed E-state index contributed by atoms with van der Waals surface area (Å²) in [5, 5.41) is 2.90. The Morgan fingerprint density at radius 2 is 1.74 bits per heavy atom. The summed E-state index contributed by atoms with van der Waals surface area (Å²) < 4.78 is 11.9. The lowest BCUT2D eigenvalue weighted by atomic mass is 10.1. The molecule has 9 nitrogen and oxygen atoms in total. The zero-order chi connectivity index (χ0) is 24.1. The third kappa shape index (κ3) is 4.83. The quantitative estimate of drug-likeness (QED) is 0.389. The molecule has 34 heavy (non-hydrogen) atoms. The summed E-state index contributed by atoms with van der Waals surface area (Å²) in [6.45, 7) is 0.618. The van der Waals surface area contributed by atoms with Crippen LogP contribution < -0.4 is 25.9 Å². The second kappa shape index (κ2) is 10.0. The Morgan fingerprint density at radius 3 is 2.47 bits per heavy atom. The fraction of sp³-hybridized carbons (Fsp3) is 0.200. The Bertz CT molecular complexity index is 1440. The van der Waals surface area contributed by atoms with Crippen molar-refractivity contribution in [1.82, 2.24) is 19.9 Å². The summed E-state index contributed by atoms with van der Waals surface area (Å²) >= 11 is 0. The molecular formula is C25H24N4O5. The van der Waals surface area contributed by atoms with Crippen LogP contribution in [0.25, 0.3) is 11.2 Å². The van der Waals surface area contributed by atoms with E-state index in [0.29, 0.717) is 41.2 Å². The van der Waals surface area contributed by atoms with Gasteiger partial charge in [-0.15, -0.1) is 0 Å². The van der Waals surface area contributed by atoms with Crippen molar-refractivity contribution in [3.05, 3.63) is 98.2 Å². The number of nitrogens with one attached hydrogen (secondary N) is 2. The predicted molar refractivity (Wildman–Crippen MR) is 128 cm³/mol. The van der Waals surface area contributed by atoms with Crippen molar-refractivity contribution in [3.8, 4) is 11.5 Å². The molecule has 0 bridgehead atoms. The number of methoxy groups -OCH3 is 2. The van der Waals surface area contributed by atoms with Gasteiger partial charge in [0, 0.05) is 18.3 Å². The first-order valence-electron chi connectivity index (χ1n) is 10.7. The molecule has 0 saturated carbocycles. The molecule has 9 heteroatoms. The van der Waals surface area contributed by atoms with Crippen LogP contribution in [0.4, 0.5) is 0 Å². The monoisotopic (exact) mass is 460 g/mol. The molecule has 4 rings (SSSR count). The zero-order valence-electron chi connectivity index (χ0n) is 18.8. The van der Waals surface area contributed by atoms with Gasteiger partial charge in [-0.1, -0.05) is 18.2 Å². The van der Waals surface area contributed by atoms with Crippen molar-refractivity contribution in [2.24, 2.45) is 0 Å². The molecule has 2 aromatic carbocycles. The highest BCUT2D eigenvalue weighted by Gasteiger charge is 2.11. The highest BCUT2D eigenvalue weighted by Crippen LogP contribution is 2.27. The molecule has 4 aromatic rings. The van der Waals surface area contributed by atoms with E-state index < -0.39 is 11.1 Å². The summed E-state index contributed by atoms with van der Waals surface area (Å²) in [7, 11) is 3.16. The molecule has 1 amide bonds. The molecule has 2 N–H and O–H groups in total. The maximum atomic E-state index is 12.5. The molecule has 0 unspecified atom stereocenters. The smallest absolute Gasteiger partial charge is 0.318 e. The van der Waals surface area contributed by atoms with Crippen LogP contribution in [0.1, 0.15) is 21.5 Å². The van der Waals surface area contributed by atoms with E-state index in [4.69, 9.17) is 9.47 Å². The number of nitrogens with zero attached hydrogens (tertiary/aromatic N) is 2. The predicted octanol–water partition coefficient (Wildman–Crippen LogP) is 2.12. The van der Waals surface area contributed by atoms with Gasteiger partial charge >= 0.3 is 11.1 Å². The molecule has 0 atom stereocenters. The first kappa shape index (κ1) is 22.8. The topological polar surface area (TPSA) is 115 Å². The molecule has 2 heterocycles. The largest absolute Gasteiger partial charge is 0.493 e. The average molecular weight is 460 g/mol. The third-order valence-corrected chi connectivity index (χ3v) is 5.43. The minimum absolute atomic E-state index is 0.164. The number of aromatic amines is 1. The minimum atomic E-state index is -0.703. The molecule has 0 aliphatic carbocycles. The van der Waals surface area contributed by atoms with Gasteiger partial charge in [-0.05, 0) is 53.9 Å². The van der Waals surface area contributed by atoms with Crippen LogP contribution in [0.2, 0.25) is 0 Å². The van der Waals surface area contributed by atoms with Crippen LogP contribution in [-0.4, -0.2) is 41.2 Å². The van der Waals surface area contributed by atoms with Crippen LogP contribution >= 0.6 is 0 Å². The summed E-state index contributed by atoms with van der Waals surface area (Å²) in [5.41, 5.74) is 1.77. The standard InChI is InChI=1S/C25H24N4O5/c1-33-20-10-7-16(14-21(20)34-2)11-13-27-23(30)18-8-5-17(6-9-18)15-29-22-19(4-3-12-26-22)28-24(31)25(29)32/h3-10,12,14H,11,13,15H2,1-2H3,(H,27,30)(H,28,31). The zero-order valence-corrected chi connectivity index (χ0v) is 18.8. The Morgan fingerprint density at radius 1 is 1.00 bits per heavy atom. The van der Waals surface area contributed by atoms with E-state index in [0.717, 1.165) is 11.1 Å². The van der Waals surface area contributed by atoms with Crippen molar-refractivity contribution in [2.45, 2.75) is 13.0 Å². The van der Waals surface area contributed by atoms with E-state index in [1.165, 1.54) is 4.57 Å². The van der Waals surface area contributed by atoms with Gasteiger partial charge in [0.15, 0.2) is 17.1 Å². The van der Waals surface area contributed by atoms with E-state index in [9.17, 15) is 14.4 Å². The van der Waals surface area contributed by atoms with Crippen LogP contribution in [-0.2, 0) is 13.0 Å². The van der Waals surface area contributed by atoms with Gasteiger partial charge in [-0.3, -0.25) is 19.0 Å². The summed E-state index contributed by atoms with van der Waals surface area (Å²) in [6, 6.07) is 15.9. The SMILES string of the molecule is COc1ccc(CCNC(=O)c2ccc(Cn3c(=O)c(=O)[nH]c4cccnc43)cc2)cc1OC. The molecule has 0 fully saturated rings. The summed E-state index contributed by atoms with van der Waals surface area (Å²) in [5.74, 6) is 1.10. The number of benzene rings is 2. The van der Waals surface area contributed by atoms with Gasteiger partial charge in [0.25, 0.3) is 5.91 Å². The van der Waals surface area contributed by atoms with Crippen LogP contribution in [0.5, 0.6) is 11.5 Å². The fourth-order valence-corrected chi connectivity index (χ4v) is 3.65. The number of amides is 1. The number of aromatic nitrogens is 3. The van der Waals surface area contributed by atoms with Crippen molar-refractivity contribution in [2.75, 3.05) is 20.8 Å². The number of hydrogen-bond donors (Lipinski definition) is 2. The van der Waals surface area contributed by atoms with E-state index in [2.05, 4.69) is 15.3 Å². The molecule has 2 aromatic heterocycles. The second-order valence-corrected chi connectivity index (χ2v) is 7.61. The van der Waals surface area contributed by atoms with Gasteiger partial charge < -0.3 is 19.8 Å². The van der Waals surface area contributed by atoms with E-state index in [1.807, 2.05) is 18.2 Å². The van der Waals surface area contributed by atoms with E-state index in [-0.39, 0.29) is 12.5 Å². The Balaban J connectivity index is 1.41. The third-order valence-electron chi connectivity index (χ3n) is 5.43. The fourth-order valence-electron chi connectivity index (χ4n) is 3.65. The van der Waals surface area contributed by atoms with Gasteiger partial charge in [0.2, 0.25) is 0 Å². The molecule has 0 radical (unpaired) electrons. The van der Waals surface area contributed by atoms with Gasteiger partial charge in [-0.25, -0.2) is 4.98 Å². The number of hydrogen-bond acceptors (Lipinski definition) is 6. The van der Waals surface area contributed by atoms with Gasteiger partial charge in [-0.2, -0.15) is 0 Å². The number of pyridine rings is 1. The Kier molecular flexibility index (Phi) is 6.72. The molecule has 174 valence electrons. The van der Waals surface area contributed by atoms with E-state index >= 15 is 0 Å². The van der Waals surface area contributed by atoms with Crippen LogP contribution in [0, 0.1) is 0 Å². The van der Waals surface area contributed by atoms with Crippen molar-refractivity contribution < 1.29 is 14.3 Å². The highest BCUT2D eigenvalue weighted by atomic mass is 16.5. The normalized spacial score (nSPS) is 10.8. The highest BCUT2D eigenvalue weighted by molar-refractivity contribution is 5.94. The summed E-state index contributed by atoms with van der Waals surface area (Å²) in [6.07, 6.45) is 2.20. The van der Waals surface area contributed by atoms with Crippen LogP contribution in [0.15, 0.2) is 70.4 Å². The summed E-state index contributed by atoms with van der Waals surface area (Å²) in [4.78, 5) is 43.6. The van der Waals surface area contributed by atoms with Crippen molar-refractivity contribution in [3.63, 3.8) is 0 Å². The number of ether oxygens (including phenoxy) is 2. The molecule has 0 aliphatic rings. The van der Waals surface area contributed by atoms with Crippen LogP contribution in [0.3, 0.4) is 0 Å². The number of carbonyl (C=O) groups is 1. The number of rotatable bonds is 8. The van der Waals surface area contributed by atoms with Crippen molar-refractivity contribution >= 4 is 17.1 Å². The van der Waals surface area contributed by atoms with Crippen molar-refractivity contribution in [1.29, 1.82) is 0 Å². The lowest BCUT2D eigenvalue weighted by molar-refractivity contribution is 0.0954. The average Bonchev–Trinajstić information content (AvgIpc) is 2.87.